The van der Waals surface area contributed by atoms with E-state index >= 15 is 0 Å². The van der Waals surface area contributed by atoms with Crippen molar-refractivity contribution in [3.63, 3.8) is 0 Å². The quantitative estimate of drug-likeness (QED) is 0.792. The molecule has 144 valence electrons. The van der Waals surface area contributed by atoms with Gasteiger partial charge in [-0.3, -0.25) is 4.79 Å². The van der Waals surface area contributed by atoms with Crippen molar-refractivity contribution in [1.29, 1.82) is 0 Å². The van der Waals surface area contributed by atoms with Crippen LogP contribution in [0.25, 0.3) is 0 Å². The van der Waals surface area contributed by atoms with Gasteiger partial charge in [0.2, 0.25) is 5.91 Å². The van der Waals surface area contributed by atoms with E-state index in [9.17, 15) is 4.79 Å². The van der Waals surface area contributed by atoms with Gasteiger partial charge in [0, 0.05) is 18.6 Å². The first-order valence-corrected chi connectivity index (χ1v) is 9.97. The number of benzene rings is 2. The Kier molecular flexibility index (Phi) is 6.64. The molecule has 0 spiro atoms. The van der Waals surface area contributed by atoms with Gasteiger partial charge in [0.15, 0.2) is 0 Å². The summed E-state index contributed by atoms with van der Waals surface area (Å²) in [5.41, 5.74) is 15.0. The van der Waals surface area contributed by atoms with E-state index in [2.05, 4.69) is 24.3 Å². The van der Waals surface area contributed by atoms with Crippen LogP contribution in [0.2, 0.25) is 0 Å². The fraction of sp³-hybridized carbons (Fsp3) is 0.435. The first kappa shape index (κ1) is 19.6. The third-order valence-electron chi connectivity index (χ3n) is 5.41. The van der Waals surface area contributed by atoms with Crippen molar-refractivity contribution in [1.82, 2.24) is 4.90 Å². The molecule has 1 amide bonds. The molecule has 1 aliphatic rings. The van der Waals surface area contributed by atoms with Crippen molar-refractivity contribution in [2.45, 2.75) is 50.1 Å². The summed E-state index contributed by atoms with van der Waals surface area (Å²) < 4.78 is 0. The Morgan fingerprint density at radius 3 is 1.85 bits per heavy atom. The van der Waals surface area contributed by atoms with Crippen LogP contribution in [0.15, 0.2) is 60.7 Å². The molecule has 4 nitrogen and oxygen atoms in total. The third kappa shape index (κ3) is 5.65. The largest absolute Gasteiger partial charge is 0.341 e. The number of hydrogen-bond donors (Lipinski definition) is 2. The highest BCUT2D eigenvalue weighted by Crippen LogP contribution is 2.23. The first-order valence-electron chi connectivity index (χ1n) is 9.97. The Hall–Kier alpha value is -2.17. The van der Waals surface area contributed by atoms with Crippen molar-refractivity contribution in [2.75, 3.05) is 13.1 Å². The van der Waals surface area contributed by atoms with Gasteiger partial charge < -0.3 is 16.4 Å². The Bertz CT molecular complexity index is 669. The normalized spacial score (nSPS) is 16.1. The number of likely N-dealkylation sites (tertiary alicyclic amines) is 1. The molecule has 4 heteroatoms. The van der Waals surface area contributed by atoms with Crippen LogP contribution >= 0.6 is 0 Å². The second kappa shape index (κ2) is 9.16. The molecule has 0 aromatic heterocycles. The van der Waals surface area contributed by atoms with Gasteiger partial charge in [0.25, 0.3) is 0 Å². The van der Waals surface area contributed by atoms with E-state index in [0.717, 1.165) is 25.9 Å². The highest BCUT2D eigenvalue weighted by atomic mass is 16.2. The van der Waals surface area contributed by atoms with Crippen LogP contribution in [0.1, 0.15) is 36.8 Å². The second-order valence-electron chi connectivity index (χ2n) is 7.88. The molecule has 0 saturated carbocycles. The van der Waals surface area contributed by atoms with Crippen LogP contribution < -0.4 is 11.5 Å². The van der Waals surface area contributed by atoms with Gasteiger partial charge in [0.1, 0.15) is 0 Å². The number of rotatable bonds is 7. The van der Waals surface area contributed by atoms with E-state index in [1.807, 2.05) is 41.3 Å². The van der Waals surface area contributed by atoms with Gasteiger partial charge in [-0.25, -0.2) is 0 Å². The van der Waals surface area contributed by atoms with Gasteiger partial charge in [-0.2, -0.15) is 0 Å². The average molecular weight is 366 g/mol. The van der Waals surface area contributed by atoms with Crippen LogP contribution in [0.5, 0.6) is 0 Å². The number of nitrogens with zero attached hydrogens (tertiary/aromatic N) is 1. The van der Waals surface area contributed by atoms with E-state index in [1.54, 1.807) is 0 Å². The van der Waals surface area contributed by atoms with Crippen molar-refractivity contribution in [3.8, 4) is 0 Å². The lowest BCUT2D eigenvalue weighted by Crippen LogP contribution is -2.54. The average Bonchev–Trinajstić information content (AvgIpc) is 2.69. The van der Waals surface area contributed by atoms with Gasteiger partial charge in [-0.15, -0.1) is 0 Å². The number of hydrogen-bond acceptors (Lipinski definition) is 3. The minimum atomic E-state index is -0.562. The van der Waals surface area contributed by atoms with Crippen LogP contribution in [0.4, 0.5) is 0 Å². The molecular formula is C23H31N3O. The summed E-state index contributed by atoms with van der Waals surface area (Å²) in [6, 6.07) is 19.9. The molecule has 2 aromatic carbocycles. The number of piperidine rings is 1. The molecule has 1 aliphatic heterocycles. The number of carbonyl (C=O) groups excluding carboxylic acids is 1. The van der Waals surface area contributed by atoms with Crippen LogP contribution in [0, 0.1) is 0 Å². The molecule has 1 saturated heterocycles. The maximum absolute atomic E-state index is 12.8. The van der Waals surface area contributed by atoms with Gasteiger partial charge >= 0.3 is 0 Å². The Labute approximate surface area is 162 Å². The Morgan fingerprint density at radius 2 is 1.37 bits per heavy atom. The standard InChI is InChI=1S/C23H31N3O/c24-21(22(27)26-14-8-3-9-15-26)18-23(25,16-19-10-4-1-5-11-19)17-20-12-6-2-7-13-20/h1-2,4-7,10-13,21H,3,8-9,14-18,24-25H2/t21-/m0/s1. The zero-order valence-electron chi connectivity index (χ0n) is 16.0. The lowest BCUT2D eigenvalue weighted by Gasteiger charge is -2.35. The summed E-state index contributed by atoms with van der Waals surface area (Å²) in [5, 5.41) is 0. The second-order valence-corrected chi connectivity index (χ2v) is 7.88. The molecule has 1 heterocycles. The summed E-state index contributed by atoms with van der Waals surface area (Å²) in [6.07, 6.45) is 5.21. The van der Waals surface area contributed by atoms with Crippen molar-refractivity contribution in [3.05, 3.63) is 71.8 Å². The molecule has 3 rings (SSSR count). The van der Waals surface area contributed by atoms with Gasteiger partial charge in [-0.05, 0) is 49.7 Å². The summed E-state index contributed by atoms with van der Waals surface area (Å²) in [4.78, 5) is 14.7. The van der Waals surface area contributed by atoms with Crippen LogP contribution in [0.3, 0.4) is 0 Å². The Morgan fingerprint density at radius 1 is 0.889 bits per heavy atom. The molecule has 1 atom stereocenters. The third-order valence-corrected chi connectivity index (χ3v) is 5.41. The topological polar surface area (TPSA) is 72.3 Å². The molecule has 0 aliphatic carbocycles. The van der Waals surface area contributed by atoms with Crippen molar-refractivity contribution < 1.29 is 4.79 Å². The maximum atomic E-state index is 12.8. The molecule has 4 N–H and O–H groups in total. The zero-order valence-corrected chi connectivity index (χ0v) is 16.0. The summed E-state index contributed by atoms with van der Waals surface area (Å²) in [5.74, 6) is 0.0469. The number of nitrogens with two attached hydrogens (primary N) is 2. The predicted molar refractivity (Wildman–Crippen MR) is 110 cm³/mol. The summed E-state index contributed by atoms with van der Waals surface area (Å²) in [6.45, 7) is 1.64. The maximum Gasteiger partial charge on any atom is 0.239 e. The highest BCUT2D eigenvalue weighted by Gasteiger charge is 2.33. The zero-order chi connectivity index (χ0) is 19.1. The lowest BCUT2D eigenvalue weighted by atomic mass is 9.80. The van der Waals surface area contributed by atoms with Crippen molar-refractivity contribution in [2.24, 2.45) is 11.5 Å². The van der Waals surface area contributed by atoms with Gasteiger partial charge in [-0.1, -0.05) is 60.7 Å². The van der Waals surface area contributed by atoms with E-state index in [1.165, 1.54) is 17.5 Å². The molecule has 1 fully saturated rings. The Balaban J connectivity index is 1.74. The fourth-order valence-corrected chi connectivity index (χ4v) is 4.09. The smallest absolute Gasteiger partial charge is 0.239 e. The summed E-state index contributed by atoms with van der Waals surface area (Å²) in [7, 11) is 0. The van der Waals surface area contributed by atoms with E-state index in [4.69, 9.17) is 11.5 Å². The highest BCUT2D eigenvalue weighted by molar-refractivity contribution is 5.81. The molecule has 2 aromatic rings. The molecule has 0 radical (unpaired) electrons. The first-order chi connectivity index (χ1) is 13.1. The van der Waals surface area contributed by atoms with Crippen molar-refractivity contribution >= 4 is 5.91 Å². The van der Waals surface area contributed by atoms with E-state index < -0.39 is 11.6 Å². The van der Waals surface area contributed by atoms with Crippen LogP contribution in [-0.4, -0.2) is 35.5 Å². The number of carbonyl (C=O) groups is 1. The molecule has 0 unspecified atom stereocenters. The fourth-order valence-electron chi connectivity index (χ4n) is 4.09. The minimum Gasteiger partial charge on any atom is -0.341 e. The summed E-state index contributed by atoms with van der Waals surface area (Å²) >= 11 is 0. The number of amides is 1. The SMILES string of the molecule is N[C@@H](CC(N)(Cc1ccccc1)Cc1ccccc1)C(=O)N1CCCCC1. The monoisotopic (exact) mass is 365 g/mol. The molecule has 27 heavy (non-hydrogen) atoms. The molecule has 0 bridgehead atoms. The van der Waals surface area contributed by atoms with Crippen LogP contribution in [-0.2, 0) is 17.6 Å². The van der Waals surface area contributed by atoms with Gasteiger partial charge in [0.05, 0.1) is 6.04 Å². The predicted octanol–water partition coefficient (Wildman–Crippen LogP) is 2.90. The molecular weight excluding hydrogens is 334 g/mol. The minimum absolute atomic E-state index is 0.0469. The van der Waals surface area contributed by atoms with E-state index in [0.29, 0.717) is 19.3 Å². The van der Waals surface area contributed by atoms with E-state index in [-0.39, 0.29) is 5.91 Å². The lowest BCUT2D eigenvalue weighted by molar-refractivity contribution is -0.134.